The van der Waals surface area contributed by atoms with Gasteiger partial charge in [0, 0.05) is 22.2 Å². The van der Waals surface area contributed by atoms with E-state index in [1.807, 2.05) is 48.5 Å². The molecule has 2 atom stereocenters. The van der Waals surface area contributed by atoms with Gasteiger partial charge in [0.05, 0.1) is 24.9 Å². The molecule has 4 bridgehead atoms. The van der Waals surface area contributed by atoms with Gasteiger partial charge >= 0.3 is 0 Å². The van der Waals surface area contributed by atoms with E-state index >= 15 is 0 Å². The lowest BCUT2D eigenvalue weighted by atomic mass is 9.48. The van der Waals surface area contributed by atoms with Crippen LogP contribution in [0.15, 0.2) is 59.4 Å². The summed E-state index contributed by atoms with van der Waals surface area (Å²) >= 11 is 4.06. The van der Waals surface area contributed by atoms with Gasteiger partial charge in [-0.25, -0.2) is 0 Å². The molecular weight excluding hydrogens is 504 g/mol. The normalized spacial score (nSPS) is 28.9. The summed E-state index contributed by atoms with van der Waals surface area (Å²) in [5.41, 5.74) is 2.67. The minimum absolute atomic E-state index is 0.0621. The van der Waals surface area contributed by atoms with E-state index in [4.69, 9.17) is 4.74 Å². The number of halogens is 1. The van der Waals surface area contributed by atoms with E-state index < -0.39 is 0 Å². The van der Waals surface area contributed by atoms with Crippen molar-refractivity contribution in [1.29, 1.82) is 0 Å². The number of carbonyl (C=O) groups is 1. The molecule has 1 heterocycles. The zero-order chi connectivity index (χ0) is 24.2. The third-order valence-electron chi connectivity index (χ3n) is 8.45. The summed E-state index contributed by atoms with van der Waals surface area (Å²) in [5.74, 6) is 2.39. The molecule has 0 radical (unpaired) electrons. The van der Waals surface area contributed by atoms with Gasteiger partial charge in [-0.1, -0.05) is 34.1 Å². The highest BCUT2D eigenvalue weighted by Gasteiger charge is 2.57. The molecule has 4 saturated carbocycles. The number of nitrogens with one attached hydrogen (secondary N) is 1. The van der Waals surface area contributed by atoms with E-state index in [-0.39, 0.29) is 21.2 Å². The fourth-order valence-electron chi connectivity index (χ4n) is 7.59. The minimum Gasteiger partial charge on any atom is -0.497 e. The molecule has 4 aliphatic rings. The quantitative estimate of drug-likeness (QED) is 0.387. The van der Waals surface area contributed by atoms with Gasteiger partial charge in [-0.15, -0.1) is 0 Å². The number of hydrogen-bond acceptors (Lipinski definition) is 3. The number of ether oxygens (including phenoxy) is 1. The van der Waals surface area contributed by atoms with Crippen LogP contribution in [0.3, 0.4) is 0 Å². The lowest BCUT2D eigenvalue weighted by Gasteiger charge is -2.60. The highest BCUT2D eigenvalue weighted by molar-refractivity contribution is 9.10. The van der Waals surface area contributed by atoms with Crippen molar-refractivity contribution >= 4 is 38.4 Å². The van der Waals surface area contributed by atoms with E-state index in [9.17, 15) is 9.59 Å². The predicted molar refractivity (Wildman–Crippen MR) is 142 cm³/mol. The van der Waals surface area contributed by atoms with Crippen molar-refractivity contribution in [2.24, 2.45) is 17.3 Å². The third-order valence-corrected chi connectivity index (χ3v) is 9.38. The van der Waals surface area contributed by atoms with Crippen LogP contribution in [0.4, 0.5) is 5.69 Å². The molecule has 6 heteroatoms. The zero-order valence-corrected chi connectivity index (χ0v) is 21.6. The average Bonchev–Trinajstić information content (AvgIpc) is 2.79. The van der Waals surface area contributed by atoms with Gasteiger partial charge in [0.2, 0.25) is 5.91 Å². The van der Waals surface area contributed by atoms with Crippen molar-refractivity contribution in [2.75, 3.05) is 12.4 Å². The number of methoxy groups -OCH3 is 1. The van der Waals surface area contributed by atoms with Crippen LogP contribution in [0.25, 0.3) is 10.9 Å². The molecule has 2 aromatic carbocycles. The number of aromatic nitrogens is 1. The lowest BCUT2D eigenvalue weighted by molar-refractivity contribution is -0.123. The van der Waals surface area contributed by atoms with Crippen molar-refractivity contribution in [1.82, 2.24) is 4.57 Å². The Morgan fingerprint density at radius 2 is 1.80 bits per heavy atom. The van der Waals surface area contributed by atoms with E-state index in [1.165, 1.54) is 32.1 Å². The van der Waals surface area contributed by atoms with E-state index in [0.29, 0.717) is 13.0 Å². The molecule has 1 aromatic heterocycles. The van der Waals surface area contributed by atoms with Crippen molar-refractivity contribution in [3.8, 4) is 5.75 Å². The second-order valence-electron chi connectivity index (χ2n) is 11.2. The average molecular weight is 535 g/mol. The third kappa shape index (κ3) is 4.31. The first kappa shape index (κ1) is 22.8. The van der Waals surface area contributed by atoms with Crippen LogP contribution < -0.4 is 15.6 Å². The van der Waals surface area contributed by atoms with Crippen LogP contribution in [0.5, 0.6) is 5.75 Å². The predicted octanol–water partition coefficient (Wildman–Crippen LogP) is 6.12. The smallest absolute Gasteiger partial charge is 0.251 e. The summed E-state index contributed by atoms with van der Waals surface area (Å²) < 4.78 is 7.26. The molecule has 0 aliphatic heterocycles. The first-order valence-corrected chi connectivity index (χ1v) is 13.4. The van der Waals surface area contributed by atoms with Crippen molar-refractivity contribution in [3.63, 3.8) is 0 Å². The molecule has 4 aliphatic carbocycles. The second-order valence-corrected chi connectivity index (χ2v) is 12.9. The van der Waals surface area contributed by atoms with Gasteiger partial charge in [-0.05, 0) is 91.7 Å². The summed E-state index contributed by atoms with van der Waals surface area (Å²) in [6.07, 6.45) is 7.92. The van der Waals surface area contributed by atoms with Gasteiger partial charge in [-0.3, -0.25) is 9.59 Å². The minimum atomic E-state index is -0.0621. The lowest BCUT2D eigenvalue weighted by Crippen LogP contribution is -2.53. The van der Waals surface area contributed by atoms with Gasteiger partial charge < -0.3 is 14.6 Å². The number of alkyl halides is 1. The standard InChI is InChI=1S/C29H31BrN2O3/c1-35-22-7-5-19(6-8-22)17-32-25-4-2-3-24(23(25)9-10-27(32)34)31-26(33)16-28-12-20-11-21(13-28)15-29(30,14-20)18-28/h2-10,20-21H,11-18H2,1H3,(H,31,33). The van der Waals surface area contributed by atoms with Crippen LogP contribution in [-0.2, 0) is 11.3 Å². The maximum atomic E-state index is 13.3. The number of hydrogen-bond donors (Lipinski definition) is 1. The molecular formula is C29H31BrN2O3. The fraction of sp³-hybridized carbons (Fsp3) is 0.448. The molecule has 35 heavy (non-hydrogen) atoms. The molecule has 0 saturated heterocycles. The highest BCUT2D eigenvalue weighted by atomic mass is 79.9. The summed E-state index contributed by atoms with van der Waals surface area (Å²) in [6.45, 7) is 0.455. The Morgan fingerprint density at radius 1 is 1.06 bits per heavy atom. The molecule has 5 nitrogen and oxygen atoms in total. The van der Waals surface area contributed by atoms with E-state index in [1.54, 1.807) is 17.7 Å². The number of benzene rings is 2. The molecule has 4 fully saturated rings. The molecule has 1 amide bonds. The van der Waals surface area contributed by atoms with Gasteiger partial charge in [0.15, 0.2) is 0 Å². The number of carbonyl (C=O) groups excluding carboxylic acids is 1. The molecule has 0 spiro atoms. The number of nitrogens with zero attached hydrogens (tertiary/aromatic N) is 1. The number of fused-ring (bicyclic) bond motifs is 1. The Labute approximate surface area is 214 Å². The van der Waals surface area contributed by atoms with Gasteiger partial charge in [0.1, 0.15) is 5.75 Å². The molecule has 182 valence electrons. The Bertz CT molecular complexity index is 1330. The number of pyridine rings is 1. The Balaban J connectivity index is 1.25. The maximum absolute atomic E-state index is 13.3. The monoisotopic (exact) mass is 534 g/mol. The first-order valence-electron chi connectivity index (χ1n) is 12.6. The summed E-state index contributed by atoms with van der Waals surface area (Å²) in [4.78, 5) is 26.1. The van der Waals surface area contributed by atoms with Crippen LogP contribution in [0.2, 0.25) is 0 Å². The van der Waals surface area contributed by atoms with E-state index in [2.05, 4.69) is 21.2 Å². The largest absolute Gasteiger partial charge is 0.497 e. The SMILES string of the molecule is COc1ccc(Cn2c(=O)ccc3c(NC(=O)CC45CC6CC(CC(Br)(C6)C4)C5)cccc32)cc1. The number of rotatable bonds is 6. The molecule has 7 rings (SSSR count). The van der Waals surface area contributed by atoms with Gasteiger partial charge in [0.25, 0.3) is 5.56 Å². The zero-order valence-electron chi connectivity index (χ0n) is 20.1. The summed E-state index contributed by atoms with van der Waals surface area (Å²) in [7, 11) is 1.64. The Morgan fingerprint density at radius 3 is 2.49 bits per heavy atom. The van der Waals surface area contributed by atoms with Crippen LogP contribution >= 0.6 is 15.9 Å². The van der Waals surface area contributed by atoms with Gasteiger partial charge in [-0.2, -0.15) is 0 Å². The summed E-state index contributed by atoms with van der Waals surface area (Å²) in [6, 6.07) is 17.0. The second kappa shape index (κ2) is 8.51. The first-order chi connectivity index (χ1) is 16.8. The van der Waals surface area contributed by atoms with Crippen molar-refractivity contribution in [2.45, 2.75) is 55.8 Å². The number of anilines is 1. The molecule has 1 N–H and O–H groups in total. The van der Waals surface area contributed by atoms with Crippen LogP contribution in [0.1, 0.15) is 50.5 Å². The highest BCUT2D eigenvalue weighted by Crippen LogP contribution is 2.65. The maximum Gasteiger partial charge on any atom is 0.251 e. The molecule has 2 unspecified atom stereocenters. The fourth-order valence-corrected chi connectivity index (χ4v) is 9.10. The van der Waals surface area contributed by atoms with Crippen molar-refractivity contribution in [3.05, 3.63) is 70.5 Å². The van der Waals surface area contributed by atoms with Crippen molar-refractivity contribution < 1.29 is 9.53 Å². The van der Waals surface area contributed by atoms with Crippen LogP contribution in [0, 0.1) is 17.3 Å². The topological polar surface area (TPSA) is 60.3 Å². The van der Waals surface area contributed by atoms with Crippen LogP contribution in [-0.4, -0.2) is 21.9 Å². The Hall–Kier alpha value is -2.60. The number of amides is 1. The molecule has 3 aromatic rings. The summed E-state index contributed by atoms with van der Waals surface area (Å²) in [5, 5.41) is 4.10. The van der Waals surface area contributed by atoms with E-state index in [0.717, 1.165) is 46.2 Å². The Kier molecular flexibility index (Phi) is 5.55.